The van der Waals surface area contributed by atoms with Gasteiger partial charge in [-0.2, -0.15) is 0 Å². The molecule has 0 saturated heterocycles. The molecule has 2 aromatic rings. The predicted octanol–water partition coefficient (Wildman–Crippen LogP) is 4.33. The van der Waals surface area contributed by atoms with Gasteiger partial charge in [0.1, 0.15) is 6.04 Å². The summed E-state index contributed by atoms with van der Waals surface area (Å²) in [6, 6.07) is 14.2. The van der Waals surface area contributed by atoms with Gasteiger partial charge in [-0.05, 0) is 56.4 Å². The van der Waals surface area contributed by atoms with Crippen molar-refractivity contribution in [2.45, 2.75) is 52.1 Å². The highest BCUT2D eigenvalue weighted by Gasteiger charge is 2.33. The van der Waals surface area contributed by atoms with Crippen molar-refractivity contribution in [3.8, 4) is 0 Å². The molecule has 1 N–H and O–H groups in total. The van der Waals surface area contributed by atoms with E-state index in [9.17, 15) is 13.2 Å². The first-order chi connectivity index (χ1) is 13.6. The van der Waals surface area contributed by atoms with E-state index >= 15 is 0 Å². The van der Waals surface area contributed by atoms with Crippen LogP contribution in [0.4, 0.5) is 5.69 Å². The molecule has 2 atom stereocenters. The number of carbonyl (C=O) groups is 1. The second-order valence-corrected chi connectivity index (χ2v) is 9.64. The van der Waals surface area contributed by atoms with E-state index in [4.69, 9.17) is 11.6 Å². The maximum atomic E-state index is 13.0. The maximum Gasteiger partial charge on any atom is 0.244 e. The van der Waals surface area contributed by atoms with Crippen LogP contribution in [0.2, 0.25) is 5.02 Å². The van der Waals surface area contributed by atoms with E-state index in [1.165, 1.54) is 9.87 Å². The number of halogens is 1. The third kappa shape index (κ3) is 6.47. The summed E-state index contributed by atoms with van der Waals surface area (Å²) in [5, 5.41) is 3.40. The lowest BCUT2D eigenvalue weighted by atomic mass is 10.1. The van der Waals surface area contributed by atoms with Gasteiger partial charge in [0.15, 0.2) is 0 Å². The van der Waals surface area contributed by atoms with Crippen molar-refractivity contribution in [2.75, 3.05) is 10.6 Å². The maximum absolute atomic E-state index is 13.0. The molecular formula is C22H29ClN2O3S. The predicted molar refractivity (Wildman–Crippen MR) is 120 cm³/mol. The average Bonchev–Trinajstić information content (AvgIpc) is 2.66. The molecule has 0 bridgehead atoms. The van der Waals surface area contributed by atoms with Crippen LogP contribution in [0.5, 0.6) is 0 Å². The Labute approximate surface area is 179 Å². The Kier molecular flexibility index (Phi) is 8.11. The van der Waals surface area contributed by atoms with Crippen molar-refractivity contribution in [1.82, 2.24) is 5.32 Å². The van der Waals surface area contributed by atoms with Gasteiger partial charge in [-0.15, -0.1) is 0 Å². The summed E-state index contributed by atoms with van der Waals surface area (Å²) in [5.41, 5.74) is 2.37. The number of benzene rings is 2. The highest BCUT2D eigenvalue weighted by atomic mass is 35.5. The van der Waals surface area contributed by atoms with Gasteiger partial charge >= 0.3 is 0 Å². The number of sulfonamides is 1. The minimum Gasteiger partial charge on any atom is -0.352 e. The Bertz CT molecular complexity index is 932. The summed E-state index contributed by atoms with van der Waals surface area (Å²) in [6.07, 6.45) is 3.06. The van der Waals surface area contributed by atoms with Gasteiger partial charge in [0, 0.05) is 11.1 Å². The number of aryl methyl sites for hydroxylation is 2. The molecule has 0 aliphatic carbocycles. The Hall–Kier alpha value is -2.05. The van der Waals surface area contributed by atoms with Crippen molar-refractivity contribution in [3.05, 3.63) is 64.7 Å². The molecule has 1 amide bonds. The fourth-order valence-corrected chi connectivity index (χ4v) is 4.72. The molecule has 0 fully saturated rings. The monoisotopic (exact) mass is 436 g/mol. The third-order valence-corrected chi connectivity index (χ3v) is 6.24. The molecule has 0 saturated carbocycles. The number of nitrogens with zero attached hydrogens (tertiary/aromatic N) is 1. The molecule has 2 aromatic carbocycles. The van der Waals surface area contributed by atoms with E-state index in [-0.39, 0.29) is 11.9 Å². The zero-order valence-corrected chi connectivity index (χ0v) is 18.9. The standard InChI is InChI=1S/C22H29ClN2O3S/c1-5-20(22(26)24-17(3)12-13-18-9-7-6-8-10-18)25(29(4,27)28)21-15-19(23)14-11-16(21)2/h6-11,14-15,17,20H,5,12-13H2,1-4H3,(H,24,26)/t17-,20+/m0/s1. The third-order valence-electron chi connectivity index (χ3n) is 4.84. The molecule has 5 nitrogen and oxygen atoms in total. The second kappa shape index (κ2) is 10.1. The number of carbonyl (C=O) groups excluding carboxylic acids is 1. The van der Waals surface area contributed by atoms with E-state index in [0.29, 0.717) is 17.1 Å². The molecule has 0 unspecified atom stereocenters. The van der Waals surface area contributed by atoms with Gasteiger partial charge in [-0.1, -0.05) is 54.9 Å². The zero-order valence-electron chi connectivity index (χ0n) is 17.4. The summed E-state index contributed by atoms with van der Waals surface area (Å²) in [4.78, 5) is 13.0. The van der Waals surface area contributed by atoms with Gasteiger partial charge < -0.3 is 5.32 Å². The second-order valence-electron chi connectivity index (χ2n) is 7.35. The summed E-state index contributed by atoms with van der Waals surface area (Å²) in [5.74, 6) is -0.308. The zero-order chi connectivity index (χ0) is 21.6. The number of rotatable bonds is 9. The van der Waals surface area contributed by atoms with Crippen LogP contribution in [-0.4, -0.2) is 32.7 Å². The number of hydrogen-bond acceptors (Lipinski definition) is 3. The number of hydrogen-bond donors (Lipinski definition) is 1. The molecule has 7 heteroatoms. The fourth-order valence-electron chi connectivity index (χ4n) is 3.29. The highest BCUT2D eigenvalue weighted by molar-refractivity contribution is 7.92. The number of amides is 1. The lowest BCUT2D eigenvalue weighted by Gasteiger charge is -2.32. The topological polar surface area (TPSA) is 66.5 Å². The van der Waals surface area contributed by atoms with E-state index in [2.05, 4.69) is 17.4 Å². The van der Waals surface area contributed by atoms with Crippen LogP contribution >= 0.6 is 11.6 Å². The largest absolute Gasteiger partial charge is 0.352 e. The minimum absolute atomic E-state index is 0.0846. The first-order valence-corrected chi connectivity index (χ1v) is 12.0. The van der Waals surface area contributed by atoms with E-state index in [1.807, 2.05) is 25.1 Å². The van der Waals surface area contributed by atoms with Crippen LogP contribution in [0.25, 0.3) is 0 Å². The van der Waals surface area contributed by atoms with Crippen molar-refractivity contribution in [1.29, 1.82) is 0 Å². The molecule has 0 spiro atoms. The van der Waals surface area contributed by atoms with Crippen LogP contribution in [0.3, 0.4) is 0 Å². The highest BCUT2D eigenvalue weighted by Crippen LogP contribution is 2.29. The summed E-state index contributed by atoms with van der Waals surface area (Å²) in [6.45, 7) is 5.54. The van der Waals surface area contributed by atoms with Crippen molar-refractivity contribution in [2.24, 2.45) is 0 Å². The fraction of sp³-hybridized carbons (Fsp3) is 0.409. The Balaban J connectivity index is 2.19. The lowest BCUT2D eigenvalue weighted by molar-refractivity contribution is -0.122. The van der Waals surface area contributed by atoms with Crippen LogP contribution in [-0.2, 0) is 21.2 Å². The van der Waals surface area contributed by atoms with Crippen molar-refractivity contribution >= 4 is 33.2 Å². The molecule has 29 heavy (non-hydrogen) atoms. The van der Waals surface area contributed by atoms with Crippen LogP contribution in [0, 0.1) is 6.92 Å². The Morgan fingerprint density at radius 1 is 1.17 bits per heavy atom. The first-order valence-electron chi connectivity index (χ1n) is 9.73. The SMILES string of the molecule is CC[C@H](C(=O)N[C@@H](C)CCc1ccccc1)N(c1cc(Cl)ccc1C)S(C)(=O)=O. The molecule has 2 rings (SSSR count). The van der Waals surface area contributed by atoms with E-state index in [0.717, 1.165) is 24.7 Å². The van der Waals surface area contributed by atoms with Crippen LogP contribution < -0.4 is 9.62 Å². The van der Waals surface area contributed by atoms with Crippen LogP contribution in [0.15, 0.2) is 48.5 Å². The molecule has 158 valence electrons. The molecule has 0 heterocycles. The first kappa shape index (κ1) is 23.2. The molecule has 0 aliphatic rings. The van der Waals surface area contributed by atoms with Gasteiger partial charge in [-0.3, -0.25) is 9.10 Å². The molecular weight excluding hydrogens is 408 g/mol. The van der Waals surface area contributed by atoms with Crippen LogP contribution in [0.1, 0.15) is 37.8 Å². The molecule has 0 aromatic heterocycles. The Morgan fingerprint density at radius 3 is 2.41 bits per heavy atom. The minimum atomic E-state index is -3.69. The van der Waals surface area contributed by atoms with Crippen molar-refractivity contribution in [3.63, 3.8) is 0 Å². The Morgan fingerprint density at radius 2 is 1.83 bits per heavy atom. The smallest absolute Gasteiger partial charge is 0.244 e. The number of nitrogens with one attached hydrogen (secondary N) is 1. The van der Waals surface area contributed by atoms with E-state index < -0.39 is 16.1 Å². The average molecular weight is 437 g/mol. The van der Waals surface area contributed by atoms with E-state index in [1.54, 1.807) is 32.0 Å². The molecule has 0 radical (unpaired) electrons. The van der Waals surface area contributed by atoms with Gasteiger partial charge in [0.05, 0.1) is 11.9 Å². The van der Waals surface area contributed by atoms with Crippen molar-refractivity contribution < 1.29 is 13.2 Å². The molecule has 0 aliphatic heterocycles. The summed E-state index contributed by atoms with van der Waals surface area (Å²) >= 11 is 6.10. The van der Waals surface area contributed by atoms with Gasteiger partial charge in [-0.25, -0.2) is 8.42 Å². The summed E-state index contributed by atoms with van der Waals surface area (Å²) in [7, 11) is -3.69. The van der Waals surface area contributed by atoms with Gasteiger partial charge in [0.2, 0.25) is 15.9 Å². The quantitative estimate of drug-likeness (QED) is 0.636. The van der Waals surface area contributed by atoms with Gasteiger partial charge in [0.25, 0.3) is 0 Å². The number of anilines is 1. The summed E-state index contributed by atoms with van der Waals surface area (Å²) < 4.78 is 26.4. The lowest BCUT2D eigenvalue weighted by Crippen LogP contribution is -2.51. The normalized spacial score (nSPS) is 13.6.